The molecule has 0 heterocycles. The van der Waals surface area contributed by atoms with Crippen molar-refractivity contribution in [2.45, 2.75) is 0 Å². The number of hydrogen-bond acceptors (Lipinski definition) is 3. The molecule has 144 valence electrons. The summed E-state index contributed by atoms with van der Waals surface area (Å²) in [5.41, 5.74) is 2.12. The maximum atomic E-state index is 12.6. The van der Waals surface area contributed by atoms with Crippen molar-refractivity contribution in [3.63, 3.8) is 0 Å². The molecule has 0 unspecified atom stereocenters. The van der Waals surface area contributed by atoms with Gasteiger partial charge in [0, 0.05) is 11.8 Å². The van der Waals surface area contributed by atoms with Crippen LogP contribution in [0.4, 0.5) is 11.4 Å². The van der Waals surface area contributed by atoms with Crippen molar-refractivity contribution in [3.05, 3.63) is 102 Å². The first-order valence-electron chi connectivity index (χ1n) is 8.81. The van der Waals surface area contributed by atoms with Crippen molar-refractivity contribution in [2.24, 2.45) is 0 Å². The average Bonchev–Trinajstić information content (AvgIpc) is 2.74. The van der Waals surface area contributed by atoms with Gasteiger partial charge in [-0.05, 0) is 48.0 Å². The van der Waals surface area contributed by atoms with Crippen LogP contribution in [0.1, 0.15) is 26.3 Å². The predicted molar refractivity (Wildman–Crippen MR) is 112 cm³/mol. The molecule has 3 N–H and O–H groups in total. The van der Waals surface area contributed by atoms with Crippen molar-refractivity contribution < 1.29 is 19.5 Å². The van der Waals surface area contributed by atoms with Crippen molar-refractivity contribution in [2.75, 3.05) is 10.6 Å². The van der Waals surface area contributed by atoms with Crippen LogP contribution in [0.5, 0.6) is 0 Å². The van der Waals surface area contributed by atoms with Crippen LogP contribution in [0.2, 0.25) is 0 Å². The highest BCUT2D eigenvalue weighted by Crippen LogP contribution is 2.18. The summed E-state index contributed by atoms with van der Waals surface area (Å²) in [5.74, 6) is -1.82. The van der Waals surface area contributed by atoms with E-state index in [1.165, 1.54) is 30.3 Å². The molecule has 0 aromatic heterocycles. The van der Waals surface area contributed by atoms with E-state index in [-0.39, 0.29) is 17.0 Å². The highest BCUT2D eigenvalue weighted by molar-refractivity contribution is 6.11. The summed E-state index contributed by atoms with van der Waals surface area (Å²) in [7, 11) is 0. The number of rotatable bonds is 6. The molecule has 0 atom stereocenters. The van der Waals surface area contributed by atoms with Crippen LogP contribution < -0.4 is 10.6 Å². The fourth-order valence-corrected chi connectivity index (χ4v) is 2.60. The zero-order valence-electron chi connectivity index (χ0n) is 15.3. The van der Waals surface area contributed by atoms with E-state index in [9.17, 15) is 14.4 Å². The van der Waals surface area contributed by atoms with Gasteiger partial charge in [-0.15, -0.1) is 0 Å². The SMILES string of the molecule is O=C(/C=C/c1ccccc1)Nc1ccccc1C(=O)Nc1ccc(C(=O)O)cc1. The van der Waals surface area contributed by atoms with Crippen LogP contribution in [0, 0.1) is 0 Å². The van der Waals surface area contributed by atoms with Gasteiger partial charge in [-0.1, -0.05) is 42.5 Å². The highest BCUT2D eigenvalue weighted by atomic mass is 16.4. The molecule has 3 aromatic rings. The second-order valence-electron chi connectivity index (χ2n) is 6.12. The van der Waals surface area contributed by atoms with E-state index >= 15 is 0 Å². The van der Waals surface area contributed by atoms with Gasteiger partial charge >= 0.3 is 5.97 Å². The summed E-state index contributed by atoms with van der Waals surface area (Å²) >= 11 is 0. The first-order chi connectivity index (χ1) is 14.0. The Morgan fingerprint density at radius 1 is 0.759 bits per heavy atom. The molecule has 0 aliphatic heterocycles. The standard InChI is InChI=1S/C23H18N2O4/c26-21(15-10-16-6-2-1-3-7-16)25-20-9-5-4-8-19(20)22(27)24-18-13-11-17(12-14-18)23(28)29/h1-15H,(H,24,27)(H,25,26)(H,28,29)/b15-10+. The molecular weight excluding hydrogens is 368 g/mol. The van der Waals surface area contributed by atoms with Crippen LogP contribution in [0.15, 0.2) is 84.9 Å². The Bertz CT molecular complexity index is 1060. The number of nitrogens with one attached hydrogen (secondary N) is 2. The Hall–Kier alpha value is -4.19. The maximum Gasteiger partial charge on any atom is 0.335 e. The van der Waals surface area contributed by atoms with Gasteiger partial charge in [0.1, 0.15) is 0 Å². The quantitative estimate of drug-likeness (QED) is 0.551. The van der Waals surface area contributed by atoms with Crippen LogP contribution in [-0.2, 0) is 4.79 Å². The lowest BCUT2D eigenvalue weighted by molar-refractivity contribution is -0.111. The van der Waals surface area contributed by atoms with Gasteiger partial charge in [0.2, 0.25) is 5.91 Å². The van der Waals surface area contributed by atoms with Crippen LogP contribution in [-0.4, -0.2) is 22.9 Å². The number of hydrogen-bond donors (Lipinski definition) is 3. The van der Waals surface area contributed by atoms with E-state index in [0.717, 1.165) is 5.56 Å². The van der Waals surface area contributed by atoms with Gasteiger partial charge in [0.25, 0.3) is 5.91 Å². The minimum atomic E-state index is -1.04. The van der Waals surface area contributed by atoms with Gasteiger partial charge in [-0.25, -0.2) is 4.79 Å². The number of benzene rings is 3. The van der Waals surface area contributed by atoms with E-state index < -0.39 is 11.9 Å². The number of carbonyl (C=O) groups is 3. The maximum absolute atomic E-state index is 12.6. The Morgan fingerprint density at radius 2 is 1.41 bits per heavy atom. The summed E-state index contributed by atoms with van der Waals surface area (Å²) in [4.78, 5) is 35.8. The number of amides is 2. The largest absolute Gasteiger partial charge is 0.478 e. The Labute approximate surface area is 167 Å². The number of carbonyl (C=O) groups excluding carboxylic acids is 2. The van der Waals surface area contributed by atoms with Crippen molar-refractivity contribution in [1.29, 1.82) is 0 Å². The molecule has 29 heavy (non-hydrogen) atoms. The topological polar surface area (TPSA) is 95.5 Å². The van der Waals surface area contributed by atoms with Crippen LogP contribution >= 0.6 is 0 Å². The third kappa shape index (κ3) is 5.40. The summed E-state index contributed by atoms with van der Waals surface area (Å²) in [6, 6.07) is 21.8. The van der Waals surface area contributed by atoms with E-state index in [4.69, 9.17) is 5.11 Å². The van der Waals surface area contributed by atoms with Crippen molar-refractivity contribution >= 4 is 35.2 Å². The van der Waals surface area contributed by atoms with E-state index in [2.05, 4.69) is 10.6 Å². The molecule has 0 aliphatic rings. The van der Waals surface area contributed by atoms with Gasteiger partial charge < -0.3 is 15.7 Å². The minimum absolute atomic E-state index is 0.126. The molecular formula is C23H18N2O4. The number of aromatic carboxylic acids is 1. The fourth-order valence-electron chi connectivity index (χ4n) is 2.60. The Balaban J connectivity index is 1.70. The number of anilines is 2. The molecule has 3 aromatic carbocycles. The van der Waals surface area contributed by atoms with Gasteiger partial charge in [-0.3, -0.25) is 9.59 Å². The van der Waals surface area contributed by atoms with Crippen LogP contribution in [0.3, 0.4) is 0 Å². The molecule has 6 nitrogen and oxygen atoms in total. The molecule has 0 saturated heterocycles. The molecule has 0 radical (unpaired) electrons. The van der Waals surface area contributed by atoms with Gasteiger partial charge in [0.05, 0.1) is 16.8 Å². The predicted octanol–water partition coefficient (Wildman–Crippen LogP) is 4.29. The number of carboxylic acid groups (broad SMARTS) is 1. The van der Waals surface area contributed by atoms with Crippen molar-refractivity contribution in [1.82, 2.24) is 0 Å². The van der Waals surface area contributed by atoms with Gasteiger partial charge in [-0.2, -0.15) is 0 Å². The van der Waals surface area contributed by atoms with Crippen LogP contribution in [0.25, 0.3) is 6.08 Å². The summed E-state index contributed by atoms with van der Waals surface area (Å²) < 4.78 is 0. The molecule has 3 rings (SSSR count). The molecule has 6 heteroatoms. The monoisotopic (exact) mass is 386 g/mol. The smallest absolute Gasteiger partial charge is 0.335 e. The van der Waals surface area contributed by atoms with Crippen molar-refractivity contribution in [3.8, 4) is 0 Å². The summed E-state index contributed by atoms with van der Waals surface area (Å²) in [6.45, 7) is 0. The van der Waals surface area contributed by atoms with E-state index in [1.54, 1.807) is 30.3 Å². The zero-order valence-corrected chi connectivity index (χ0v) is 15.3. The van der Waals surface area contributed by atoms with E-state index in [0.29, 0.717) is 11.4 Å². The molecule has 0 bridgehead atoms. The van der Waals surface area contributed by atoms with Gasteiger partial charge in [0.15, 0.2) is 0 Å². The second kappa shape index (κ2) is 9.14. The lowest BCUT2D eigenvalue weighted by Crippen LogP contribution is -2.17. The Kier molecular flexibility index (Phi) is 6.17. The minimum Gasteiger partial charge on any atom is -0.478 e. The molecule has 0 aliphatic carbocycles. The highest BCUT2D eigenvalue weighted by Gasteiger charge is 2.13. The first kappa shape index (κ1) is 19.6. The average molecular weight is 386 g/mol. The second-order valence-corrected chi connectivity index (χ2v) is 6.12. The first-order valence-corrected chi connectivity index (χ1v) is 8.81. The fraction of sp³-hybridized carbons (Fsp3) is 0. The summed E-state index contributed by atoms with van der Waals surface area (Å²) in [6.07, 6.45) is 3.08. The normalized spacial score (nSPS) is 10.5. The van der Waals surface area contributed by atoms with E-state index in [1.807, 2.05) is 30.3 Å². The zero-order chi connectivity index (χ0) is 20.6. The summed E-state index contributed by atoms with van der Waals surface area (Å²) in [5, 5.41) is 14.3. The number of para-hydroxylation sites is 1. The third-order valence-electron chi connectivity index (χ3n) is 4.05. The molecule has 2 amide bonds. The number of carboxylic acids is 1. The molecule has 0 fully saturated rings. The molecule has 0 spiro atoms. The Morgan fingerprint density at radius 3 is 2.10 bits per heavy atom. The lowest BCUT2D eigenvalue weighted by Gasteiger charge is -2.10. The molecule has 0 saturated carbocycles. The third-order valence-corrected chi connectivity index (χ3v) is 4.05. The lowest BCUT2D eigenvalue weighted by atomic mass is 10.1.